The number of benzene rings is 2. The molecule has 1 unspecified atom stereocenters. The molecule has 2 aromatic heterocycles. The summed E-state index contributed by atoms with van der Waals surface area (Å²) in [6.07, 6.45) is -0.322. The molecule has 0 spiro atoms. The molecule has 250 valence electrons. The number of aryl methyl sites for hydroxylation is 1. The van der Waals surface area contributed by atoms with Gasteiger partial charge >= 0.3 is 24.0 Å². The van der Waals surface area contributed by atoms with Crippen LogP contribution in [0.3, 0.4) is 0 Å². The maximum absolute atomic E-state index is 14.1. The standard InChI is InChI=1S/C15H18Cl2N2O3.C13H10Cl2F3N3O3/c1-8(2)21-12-7-11(9(16)6-10(12)17)19-14(20)22-13(18-19)15(3,4)5;1-5-19-21(13(24)20(5)12(17)18)10-3-6(2-8(15)11(22)23)7(14)4-9(10)16/h6-8H,1-5H3;3-4,8,12H,2H2,1H3,(H,22,23). The van der Waals surface area contributed by atoms with Gasteiger partial charge in [-0.05, 0) is 44.5 Å². The monoisotopic (exact) mass is 727 g/mol. The highest BCUT2D eigenvalue weighted by Gasteiger charge is 2.25. The van der Waals surface area contributed by atoms with E-state index in [1.165, 1.54) is 6.07 Å². The maximum Gasteiger partial charge on any atom is 0.442 e. The number of nitrogens with zero attached hydrogens (tertiary/aromatic N) is 5. The van der Waals surface area contributed by atoms with Gasteiger partial charge in [0.2, 0.25) is 5.89 Å². The number of ether oxygens (including phenoxy) is 1. The molecule has 1 atom stereocenters. The highest BCUT2D eigenvalue weighted by atomic mass is 35.5. The van der Waals surface area contributed by atoms with Crippen molar-refractivity contribution in [1.29, 1.82) is 0 Å². The largest absolute Gasteiger partial charge is 0.489 e. The topological polar surface area (TPSA) is 134 Å². The first kappa shape index (κ1) is 37.0. The predicted molar refractivity (Wildman–Crippen MR) is 166 cm³/mol. The third-order valence-corrected chi connectivity index (χ3v) is 7.26. The Bertz CT molecular complexity index is 1860. The Hall–Kier alpha value is -3.46. The van der Waals surface area contributed by atoms with Gasteiger partial charge in [0.15, 0.2) is 5.82 Å². The van der Waals surface area contributed by atoms with Crippen LogP contribution in [0.15, 0.2) is 38.3 Å². The minimum absolute atomic E-state index is 0.0642. The number of carbonyl (C=O) groups is 1. The third-order valence-electron chi connectivity index (χ3n) is 5.97. The van der Waals surface area contributed by atoms with E-state index in [9.17, 15) is 27.6 Å². The molecule has 0 saturated heterocycles. The molecule has 1 N–H and O–H groups in total. The Balaban J connectivity index is 0.000000251. The van der Waals surface area contributed by atoms with Gasteiger partial charge in [0.05, 0.1) is 21.8 Å². The molecule has 0 aliphatic carbocycles. The van der Waals surface area contributed by atoms with Crippen LogP contribution in [0.4, 0.5) is 13.2 Å². The van der Waals surface area contributed by atoms with E-state index in [0.717, 1.165) is 23.7 Å². The molecule has 0 aliphatic rings. The molecule has 0 aliphatic heterocycles. The summed E-state index contributed by atoms with van der Waals surface area (Å²) in [7, 11) is 0. The first-order valence-corrected chi connectivity index (χ1v) is 14.9. The number of hydrogen-bond acceptors (Lipinski definition) is 7. The van der Waals surface area contributed by atoms with Gasteiger partial charge in [0.1, 0.15) is 22.6 Å². The number of halogens is 7. The Morgan fingerprint density at radius 3 is 2.13 bits per heavy atom. The van der Waals surface area contributed by atoms with Crippen molar-refractivity contribution in [1.82, 2.24) is 24.1 Å². The zero-order chi connectivity index (χ0) is 34.8. The van der Waals surface area contributed by atoms with Gasteiger partial charge in [0, 0.05) is 22.9 Å². The van der Waals surface area contributed by atoms with Crippen molar-refractivity contribution in [2.24, 2.45) is 0 Å². The van der Waals surface area contributed by atoms with Crippen LogP contribution in [0.2, 0.25) is 15.1 Å². The van der Waals surface area contributed by atoms with E-state index in [1.54, 1.807) is 6.07 Å². The predicted octanol–water partition coefficient (Wildman–Crippen LogP) is 6.98. The number of aromatic nitrogens is 5. The van der Waals surface area contributed by atoms with Gasteiger partial charge in [-0.25, -0.2) is 18.5 Å². The maximum atomic E-state index is 14.1. The molecule has 46 heavy (non-hydrogen) atoms. The normalized spacial score (nSPS) is 12.3. The molecule has 0 bridgehead atoms. The molecule has 0 amide bonds. The van der Waals surface area contributed by atoms with Gasteiger partial charge in [-0.2, -0.15) is 18.1 Å². The molecule has 11 nitrogen and oxygen atoms in total. The first-order valence-electron chi connectivity index (χ1n) is 13.3. The fraction of sp³-hybridized carbons (Fsp3) is 0.393. The van der Waals surface area contributed by atoms with Crippen LogP contribution in [0.25, 0.3) is 11.4 Å². The molecular formula is C28H28Cl4F3N5O6. The molecule has 4 rings (SSSR count). The van der Waals surface area contributed by atoms with E-state index in [2.05, 4.69) is 10.2 Å². The van der Waals surface area contributed by atoms with Crippen molar-refractivity contribution in [3.05, 3.63) is 83.5 Å². The Morgan fingerprint density at radius 2 is 1.63 bits per heavy atom. The lowest BCUT2D eigenvalue weighted by atomic mass is 9.97. The summed E-state index contributed by atoms with van der Waals surface area (Å²) < 4.78 is 52.3. The van der Waals surface area contributed by atoms with Gasteiger partial charge in [-0.15, -0.1) is 21.8 Å². The Labute approximate surface area is 280 Å². The van der Waals surface area contributed by atoms with E-state index < -0.39 is 40.8 Å². The van der Waals surface area contributed by atoms with Crippen LogP contribution in [-0.4, -0.2) is 46.7 Å². The van der Waals surface area contributed by atoms with Crippen molar-refractivity contribution < 1.29 is 32.2 Å². The van der Waals surface area contributed by atoms with Crippen LogP contribution in [0.1, 0.15) is 58.4 Å². The fourth-order valence-corrected chi connectivity index (χ4v) is 4.70. The van der Waals surface area contributed by atoms with E-state index in [4.69, 9.17) is 60.7 Å². The van der Waals surface area contributed by atoms with E-state index in [0.29, 0.717) is 27.0 Å². The zero-order valence-corrected chi connectivity index (χ0v) is 28.1. The molecule has 18 heteroatoms. The number of carboxylic acids is 1. The molecular weight excluding hydrogens is 701 g/mol. The second kappa shape index (κ2) is 14.5. The number of hydrogen-bond donors (Lipinski definition) is 1. The minimum Gasteiger partial charge on any atom is -0.489 e. The summed E-state index contributed by atoms with van der Waals surface area (Å²) in [5, 5.41) is 15.8. The van der Waals surface area contributed by atoms with Crippen molar-refractivity contribution in [3.8, 4) is 17.1 Å². The summed E-state index contributed by atoms with van der Waals surface area (Å²) in [5.74, 6) is -2.45. The number of alkyl halides is 3. The van der Waals surface area contributed by atoms with E-state index in [1.807, 2.05) is 34.6 Å². The van der Waals surface area contributed by atoms with Gasteiger partial charge in [0.25, 0.3) is 0 Å². The minimum atomic E-state index is -3.14. The lowest BCUT2D eigenvalue weighted by Gasteiger charge is -2.13. The Kier molecular flexibility index (Phi) is 11.7. The Morgan fingerprint density at radius 1 is 1.00 bits per heavy atom. The molecule has 0 radical (unpaired) electrons. The number of aliphatic carboxylic acids is 1. The van der Waals surface area contributed by atoms with E-state index >= 15 is 0 Å². The average Bonchev–Trinajstić information content (AvgIpc) is 3.46. The summed E-state index contributed by atoms with van der Waals surface area (Å²) in [4.78, 5) is 34.8. The second-order valence-corrected chi connectivity index (χ2v) is 12.8. The SMILES string of the molecule is CC(C)Oc1cc(-n2nc(C(C)(C)C)oc2=O)c(Cl)cc1Cl.Cc1nn(-c2cc(CC(Cl)C(=O)O)c(Cl)cc2F)c(=O)n1C(F)F. The zero-order valence-electron chi connectivity index (χ0n) is 25.1. The molecule has 4 aromatic rings. The lowest BCUT2D eigenvalue weighted by molar-refractivity contribution is -0.136. The van der Waals surface area contributed by atoms with Crippen LogP contribution < -0.4 is 16.2 Å². The summed E-state index contributed by atoms with van der Waals surface area (Å²) in [6, 6.07) is 5.00. The second-order valence-electron chi connectivity index (χ2n) is 11.0. The highest BCUT2D eigenvalue weighted by molar-refractivity contribution is 6.36. The summed E-state index contributed by atoms with van der Waals surface area (Å²) in [6.45, 7) is 7.49. The summed E-state index contributed by atoms with van der Waals surface area (Å²) >= 11 is 23.8. The molecule has 2 aromatic carbocycles. The van der Waals surface area contributed by atoms with Crippen LogP contribution >= 0.6 is 46.4 Å². The smallest absolute Gasteiger partial charge is 0.442 e. The summed E-state index contributed by atoms with van der Waals surface area (Å²) in [5.41, 5.74) is -1.57. The quantitative estimate of drug-likeness (QED) is 0.192. The van der Waals surface area contributed by atoms with Crippen LogP contribution in [0.5, 0.6) is 5.75 Å². The number of rotatable bonds is 8. The lowest BCUT2D eigenvalue weighted by Crippen LogP contribution is -2.25. The molecule has 0 saturated carbocycles. The average molecular weight is 729 g/mol. The van der Waals surface area contributed by atoms with Crippen molar-refractivity contribution >= 4 is 52.4 Å². The van der Waals surface area contributed by atoms with Crippen molar-refractivity contribution in [2.75, 3.05) is 0 Å². The molecule has 2 heterocycles. The van der Waals surface area contributed by atoms with Gasteiger partial charge < -0.3 is 14.3 Å². The molecule has 0 fully saturated rings. The van der Waals surface area contributed by atoms with Gasteiger partial charge in [-0.3, -0.25) is 4.79 Å². The fourth-order valence-electron chi connectivity index (χ4n) is 3.80. The number of carboxylic acid groups (broad SMARTS) is 1. The van der Waals surface area contributed by atoms with E-state index in [-0.39, 0.29) is 43.9 Å². The highest BCUT2D eigenvalue weighted by Crippen LogP contribution is 2.33. The van der Waals surface area contributed by atoms with Crippen molar-refractivity contribution in [2.45, 2.75) is 71.4 Å². The first-order chi connectivity index (χ1) is 21.2. The third kappa shape index (κ3) is 8.46. The van der Waals surface area contributed by atoms with Crippen molar-refractivity contribution in [3.63, 3.8) is 0 Å². The van der Waals surface area contributed by atoms with Crippen LogP contribution in [-0.2, 0) is 16.6 Å². The van der Waals surface area contributed by atoms with Gasteiger partial charge in [-0.1, -0.05) is 55.6 Å². The van der Waals surface area contributed by atoms with Crippen LogP contribution in [0, 0.1) is 12.7 Å².